The Morgan fingerprint density at radius 1 is 1.00 bits per heavy atom. The summed E-state index contributed by atoms with van der Waals surface area (Å²) >= 11 is 0. The number of imidazole rings is 1. The van der Waals surface area contributed by atoms with E-state index in [1.54, 1.807) is 0 Å². The van der Waals surface area contributed by atoms with Gasteiger partial charge in [-0.05, 0) is 36.8 Å². The third kappa shape index (κ3) is 3.63. The molecule has 24 heavy (non-hydrogen) atoms. The number of rotatable bonds is 6. The molecule has 1 aromatic heterocycles. The average Bonchev–Trinajstić information content (AvgIpc) is 2.81. The van der Waals surface area contributed by atoms with Gasteiger partial charge in [-0.15, -0.1) is 12.4 Å². The van der Waals surface area contributed by atoms with Gasteiger partial charge in [-0.25, -0.2) is 0 Å². The van der Waals surface area contributed by atoms with Crippen molar-refractivity contribution in [3.8, 4) is 5.75 Å². The van der Waals surface area contributed by atoms with Crippen LogP contribution in [0.2, 0.25) is 0 Å². The van der Waals surface area contributed by atoms with Crippen molar-refractivity contribution in [2.24, 2.45) is 0 Å². The highest BCUT2D eigenvalue weighted by molar-refractivity contribution is 5.85. The second kappa shape index (κ2) is 8.04. The summed E-state index contributed by atoms with van der Waals surface area (Å²) in [5.41, 5.74) is 3.49. The molecule has 128 valence electrons. The molecule has 0 spiro atoms. The Morgan fingerprint density at radius 2 is 1.67 bits per heavy atom. The number of hydrogen-bond acceptors (Lipinski definition) is 3. The van der Waals surface area contributed by atoms with Crippen molar-refractivity contribution in [2.75, 3.05) is 13.2 Å². The number of fused-ring (bicyclic) bond motifs is 1. The molecule has 0 unspecified atom stereocenters. The maximum atomic E-state index is 9.23. The molecule has 2 aromatic carbocycles. The van der Waals surface area contributed by atoms with Crippen molar-refractivity contribution in [1.82, 2.24) is 9.13 Å². The van der Waals surface area contributed by atoms with Gasteiger partial charge in [0, 0.05) is 6.54 Å². The smallest absolute Gasteiger partial charge is 0.203 e. The van der Waals surface area contributed by atoms with Gasteiger partial charge in [-0.3, -0.25) is 5.41 Å². The summed E-state index contributed by atoms with van der Waals surface area (Å²) in [5, 5.41) is 17.6. The van der Waals surface area contributed by atoms with E-state index in [1.165, 1.54) is 0 Å². The standard InChI is InChI=1S/C18H21N3O2.ClH/c1-14-5-4-6-15(13-14)23-12-10-21-17-8-3-2-7-16(17)20(9-11-22)18(21)19;/h2-8,13,19,22H,9-12H2,1H3;1H. The van der Waals surface area contributed by atoms with Gasteiger partial charge < -0.3 is 19.0 Å². The highest BCUT2D eigenvalue weighted by Crippen LogP contribution is 2.14. The van der Waals surface area contributed by atoms with Gasteiger partial charge in [0.2, 0.25) is 5.62 Å². The van der Waals surface area contributed by atoms with Crippen LogP contribution in [0, 0.1) is 12.3 Å². The largest absolute Gasteiger partial charge is 0.492 e. The fourth-order valence-electron chi connectivity index (χ4n) is 2.81. The summed E-state index contributed by atoms with van der Waals surface area (Å²) < 4.78 is 9.54. The maximum Gasteiger partial charge on any atom is 0.203 e. The lowest BCUT2D eigenvalue weighted by molar-refractivity contribution is 0.272. The van der Waals surface area contributed by atoms with Gasteiger partial charge in [0.25, 0.3) is 0 Å². The van der Waals surface area contributed by atoms with Crippen LogP contribution in [0.25, 0.3) is 11.0 Å². The monoisotopic (exact) mass is 347 g/mol. The second-order valence-corrected chi connectivity index (χ2v) is 5.50. The predicted molar refractivity (Wildman–Crippen MR) is 96.8 cm³/mol. The van der Waals surface area contributed by atoms with Crippen LogP contribution in [0.1, 0.15) is 5.56 Å². The number of nitrogens with one attached hydrogen (secondary N) is 1. The van der Waals surface area contributed by atoms with Gasteiger partial charge in [0.05, 0.1) is 24.2 Å². The molecule has 3 rings (SSSR count). The van der Waals surface area contributed by atoms with Crippen LogP contribution in [-0.2, 0) is 13.1 Å². The number of aliphatic hydroxyl groups is 1. The summed E-state index contributed by atoms with van der Waals surface area (Å²) in [5.74, 6) is 0.844. The molecule has 0 atom stereocenters. The van der Waals surface area contributed by atoms with Crippen LogP contribution in [0.4, 0.5) is 0 Å². The van der Waals surface area contributed by atoms with Crippen LogP contribution in [0.15, 0.2) is 48.5 Å². The number of ether oxygens (including phenoxy) is 1. The number of para-hydroxylation sites is 2. The maximum absolute atomic E-state index is 9.23. The van der Waals surface area contributed by atoms with Gasteiger partial charge in [-0.1, -0.05) is 24.3 Å². The topological polar surface area (TPSA) is 63.2 Å². The first kappa shape index (κ1) is 18.1. The van der Waals surface area contributed by atoms with Crippen LogP contribution >= 0.6 is 12.4 Å². The number of halogens is 1. The van der Waals surface area contributed by atoms with E-state index < -0.39 is 0 Å². The van der Waals surface area contributed by atoms with E-state index in [0.29, 0.717) is 25.3 Å². The molecule has 5 nitrogen and oxygen atoms in total. The molecule has 0 fully saturated rings. The molecule has 0 saturated carbocycles. The summed E-state index contributed by atoms with van der Waals surface area (Å²) in [6.45, 7) is 3.56. The molecule has 0 aliphatic heterocycles. The molecule has 2 N–H and O–H groups in total. The Kier molecular flexibility index (Phi) is 6.06. The van der Waals surface area contributed by atoms with Crippen LogP contribution in [0.5, 0.6) is 5.75 Å². The van der Waals surface area contributed by atoms with E-state index >= 15 is 0 Å². The predicted octanol–water partition coefficient (Wildman–Crippen LogP) is 2.72. The molecular formula is C18H22ClN3O2. The summed E-state index contributed by atoms with van der Waals surface area (Å²) in [7, 11) is 0. The normalized spacial score (nSPS) is 10.6. The molecular weight excluding hydrogens is 326 g/mol. The van der Waals surface area contributed by atoms with E-state index in [-0.39, 0.29) is 19.0 Å². The third-order valence-corrected chi connectivity index (χ3v) is 3.87. The van der Waals surface area contributed by atoms with Crippen molar-refractivity contribution >= 4 is 23.4 Å². The highest BCUT2D eigenvalue weighted by atomic mass is 35.5. The van der Waals surface area contributed by atoms with Crippen molar-refractivity contribution in [2.45, 2.75) is 20.0 Å². The van der Waals surface area contributed by atoms with E-state index in [1.807, 2.05) is 64.6 Å². The molecule has 0 aliphatic rings. The van der Waals surface area contributed by atoms with Crippen LogP contribution in [0.3, 0.4) is 0 Å². The number of aromatic nitrogens is 2. The molecule has 3 aromatic rings. The zero-order chi connectivity index (χ0) is 16.2. The zero-order valence-corrected chi connectivity index (χ0v) is 14.4. The Hall–Kier alpha value is -2.24. The minimum Gasteiger partial charge on any atom is -0.492 e. The molecule has 0 bridgehead atoms. The quantitative estimate of drug-likeness (QED) is 0.720. The second-order valence-electron chi connectivity index (χ2n) is 5.50. The summed E-state index contributed by atoms with van der Waals surface area (Å²) in [6, 6.07) is 15.8. The van der Waals surface area contributed by atoms with Crippen molar-refractivity contribution < 1.29 is 9.84 Å². The molecule has 1 heterocycles. The number of benzene rings is 2. The number of aliphatic hydroxyl groups excluding tert-OH is 1. The summed E-state index contributed by atoms with van der Waals surface area (Å²) in [6.07, 6.45) is 0. The van der Waals surface area contributed by atoms with E-state index in [0.717, 1.165) is 22.3 Å². The van der Waals surface area contributed by atoms with Crippen molar-refractivity contribution in [3.05, 3.63) is 59.7 Å². The Balaban J connectivity index is 0.00000208. The lowest BCUT2D eigenvalue weighted by Crippen LogP contribution is -2.27. The highest BCUT2D eigenvalue weighted by Gasteiger charge is 2.09. The van der Waals surface area contributed by atoms with Gasteiger partial charge in [0.1, 0.15) is 12.4 Å². The Labute approximate surface area is 147 Å². The van der Waals surface area contributed by atoms with Crippen molar-refractivity contribution in [3.63, 3.8) is 0 Å². The molecule has 0 amide bonds. The SMILES string of the molecule is Cc1cccc(OCCn2c(=N)n(CCO)c3ccccc32)c1.Cl. The number of aryl methyl sites for hydroxylation is 1. The minimum atomic E-state index is 0. The summed E-state index contributed by atoms with van der Waals surface area (Å²) in [4.78, 5) is 0. The van der Waals surface area contributed by atoms with Gasteiger partial charge in [0.15, 0.2) is 0 Å². The number of hydrogen-bond donors (Lipinski definition) is 2. The Morgan fingerprint density at radius 3 is 2.29 bits per heavy atom. The molecule has 0 aliphatic carbocycles. The van der Waals surface area contributed by atoms with E-state index in [4.69, 9.17) is 10.1 Å². The van der Waals surface area contributed by atoms with Crippen molar-refractivity contribution in [1.29, 1.82) is 5.41 Å². The van der Waals surface area contributed by atoms with Gasteiger partial charge in [-0.2, -0.15) is 0 Å². The van der Waals surface area contributed by atoms with Crippen LogP contribution in [-0.4, -0.2) is 27.5 Å². The fraction of sp³-hybridized carbons (Fsp3) is 0.278. The molecule has 6 heteroatoms. The fourth-order valence-corrected chi connectivity index (χ4v) is 2.81. The number of nitrogens with zero attached hydrogens (tertiary/aromatic N) is 2. The minimum absolute atomic E-state index is 0. The first-order chi connectivity index (χ1) is 11.2. The molecule has 0 radical (unpaired) electrons. The van der Waals surface area contributed by atoms with E-state index in [2.05, 4.69) is 0 Å². The molecule has 0 saturated heterocycles. The first-order valence-corrected chi connectivity index (χ1v) is 7.73. The Bertz CT molecular complexity index is 870. The first-order valence-electron chi connectivity index (χ1n) is 7.73. The third-order valence-electron chi connectivity index (χ3n) is 3.87. The van der Waals surface area contributed by atoms with E-state index in [9.17, 15) is 5.11 Å². The van der Waals surface area contributed by atoms with Crippen LogP contribution < -0.4 is 10.4 Å². The lowest BCUT2D eigenvalue weighted by Gasteiger charge is -2.08. The average molecular weight is 348 g/mol. The lowest BCUT2D eigenvalue weighted by atomic mass is 10.2. The van der Waals surface area contributed by atoms with Gasteiger partial charge >= 0.3 is 0 Å². The zero-order valence-electron chi connectivity index (χ0n) is 13.6.